The summed E-state index contributed by atoms with van der Waals surface area (Å²) < 4.78 is 0.982. The molecule has 1 heterocycles. The maximum absolute atomic E-state index is 13.3. The van der Waals surface area contributed by atoms with Crippen molar-refractivity contribution in [2.45, 2.75) is 4.90 Å². The molecule has 0 spiro atoms. The van der Waals surface area contributed by atoms with E-state index in [-0.39, 0.29) is 23.0 Å². The van der Waals surface area contributed by atoms with Crippen LogP contribution in [0.5, 0.6) is 0 Å². The molecule has 0 atom stereocenters. The predicted octanol–water partition coefficient (Wildman–Crippen LogP) is 6.34. The summed E-state index contributed by atoms with van der Waals surface area (Å²) in [5.74, 6) is -1.17. The van der Waals surface area contributed by atoms with Crippen molar-refractivity contribution in [2.24, 2.45) is 0 Å². The number of hydrogen-bond acceptors (Lipinski definition) is 8. The van der Waals surface area contributed by atoms with Gasteiger partial charge in [0, 0.05) is 28.3 Å². The van der Waals surface area contributed by atoms with Crippen molar-refractivity contribution >= 4 is 73.6 Å². The Labute approximate surface area is 254 Å². The number of aromatic nitrogens is 1. The number of carbonyl (C=O) groups is 3. The molecule has 43 heavy (non-hydrogen) atoms. The number of nitro benzene ring substituents is 1. The van der Waals surface area contributed by atoms with Crippen LogP contribution < -0.4 is 16.0 Å². The molecule has 214 valence electrons. The van der Waals surface area contributed by atoms with Gasteiger partial charge in [-0.1, -0.05) is 47.7 Å². The number of amides is 3. The van der Waals surface area contributed by atoms with Gasteiger partial charge in [-0.3, -0.25) is 24.5 Å². The Morgan fingerprint density at radius 2 is 1.63 bits per heavy atom. The lowest BCUT2D eigenvalue weighted by atomic mass is 10.1. The average molecular weight is 610 g/mol. The molecule has 0 bridgehead atoms. The minimum absolute atomic E-state index is 0.0593. The third kappa shape index (κ3) is 7.91. The highest BCUT2D eigenvalue weighted by Crippen LogP contribution is 2.27. The zero-order valence-electron chi connectivity index (χ0n) is 22.4. The highest BCUT2D eigenvalue weighted by molar-refractivity contribution is 8.00. The molecule has 10 nitrogen and oxygen atoms in total. The van der Waals surface area contributed by atoms with Gasteiger partial charge in [0.15, 0.2) is 5.13 Å². The van der Waals surface area contributed by atoms with Gasteiger partial charge in [-0.05, 0) is 66.2 Å². The lowest BCUT2D eigenvalue weighted by Gasteiger charge is -2.12. The number of fused-ring (bicyclic) bond motifs is 1. The molecule has 4 aromatic carbocycles. The van der Waals surface area contributed by atoms with Gasteiger partial charge in [0.1, 0.15) is 5.70 Å². The molecule has 12 heteroatoms. The van der Waals surface area contributed by atoms with E-state index in [1.54, 1.807) is 48.5 Å². The number of benzene rings is 4. The molecule has 0 aliphatic heterocycles. The van der Waals surface area contributed by atoms with Crippen LogP contribution in [0.1, 0.15) is 15.9 Å². The van der Waals surface area contributed by atoms with Gasteiger partial charge in [0.25, 0.3) is 17.5 Å². The number of thiazole rings is 1. The van der Waals surface area contributed by atoms with Gasteiger partial charge >= 0.3 is 0 Å². The number of non-ortho nitro benzene ring substituents is 1. The summed E-state index contributed by atoms with van der Waals surface area (Å²) >= 11 is 2.69. The minimum atomic E-state index is -0.599. The van der Waals surface area contributed by atoms with E-state index in [0.717, 1.165) is 15.1 Å². The molecule has 3 amide bonds. The summed E-state index contributed by atoms with van der Waals surface area (Å²) in [6.45, 7) is 0. The van der Waals surface area contributed by atoms with Crippen LogP contribution in [0.15, 0.2) is 114 Å². The average Bonchev–Trinajstić information content (AvgIpc) is 3.43. The lowest BCUT2D eigenvalue weighted by Crippen LogP contribution is -2.30. The first kappa shape index (κ1) is 29.2. The zero-order valence-corrected chi connectivity index (χ0v) is 24.0. The normalized spacial score (nSPS) is 11.1. The topological polar surface area (TPSA) is 143 Å². The first-order valence-electron chi connectivity index (χ1n) is 12.9. The number of nitrogens with zero attached hydrogens (tertiary/aromatic N) is 2. The molecular weight excluding hydrogens is 587 g/mol. The van der Waals surface area contributed by atoms with Crippen LogP contribution in [0.25, 0.3) is 16.3 Å². The SMILES string of the molecule is O=C(CSc1cccc(NC(=O)/C(=C\c2ccc([N+](=O)[O-])cc2)NC(=O)c2ccccc2)c1)Nc1nc2ccccc2s1. The summed E-state index contributed by atoms with van der Waals surface area (Å²) in [6, 6.07) is 28.6. The van der Waals surface area contributed by atoms with E-state index in [4.69, 9.17) is 0 Å². The van der Waals surface area contributed by atoms with Crippen molar-refractivity contribution < 1.29 is 19.3 Å². The lowest BCUT2D eigenvalue weighted by molar-refractivity contribution is -0.384. The standard InChI is InChI=1S/C31H23N5O5S2/c37-28(35-31-34-25-11-4-5-12-27(25)43-31)19-42-24-10-6-9-22(18-24)32-30(39)26(33-29(38)21-7-2-1-3-8-21)17-20-13-15-23(16-14-20)36(40)41/h1-18H,19H2,(H,32,39)(H,33,38)(H,34,35,37)/b26-17+. The Morgan fingerprint density at radius 3 is 2.37 bits per heavy atom. The van der Waals surface area contributed by atoms with E-state index in [0.29, 0.717) is 21.9 Å². The number of nitrogens with one attached hydrogen (secondary N) is 3. The van der Waals surface area contributed by atoms with Gasteiger partial charge in [-0.2, -0.15) is 0 Å². The van der Waals surface area contributed by atoms with Crippen molar-refractivity contribution in [1.82, 2.24) is 10.3 Å². The Morgan fingerprint density at radius 1 is 0.884 bits per heavy atom. The highest BCUT2D eigenvalue weighted by atomic mass is 32.2. The van der Waals surface area contributed by atoms with Crippen LogP contribution in [0, 0.1) is 10.1 Å². The van der Waals surface area contributed by atoms with Crippen LogP contribution in [-0.4, -0.2) is 33.4 Å². The van der Waals surface area contributed by atoms with Crippen molar-refractivity contribution in [3.8, 4) is 0 Å². The number of nitro groups is 1. The Bertz CT molecular complexity index is 1810. The fourth-order valence-corrected chi connectivity index (χ4v) is 5.53. The zero-order chi connectivity index (χ0) is 30.2. The van der Waals surface area contributed by atoms with Crippen LogP contribution in [0.4, 0.5) is 16.5 Å². The van der Waals surface area contributed by atoms with Gasteiger partial charge in [0.05, 0.1) is 20.9 Å². The maximum atomic E-state index is 13.3. The number of anilines is 2. The fourth-order valence-electron chi connectivity index (χ4n) is 3.89. The van der Waals surface area contributed by atoms with Crippen molar-refractivity contribution in [3.63, 3.8) is 0 Å². The molecule has 5 aromatic rings. The van der Waals surface area contributed by atoms with Gasteiger partial charge in [0.2, 0.25) is 5.91 Å². The third-order valence-corrected chi connectivity index (χ3v) is 7.89. The van der Waals surface area contributed by atoms with Crippen molar-refractivity contribution in [3.05, 3.63) is 130 Å². The molecule has 3 N–H and O–H groups in total. The second kappa shape index (κ2) is 13.6. The van der Waals surface area contributed by atoms with E-state index in [9.17, 15) is 24.5 Å². The second-order valence-corrected chi connectivity index (χ2v) is 11.1. The molecule has 0 saturated heterocycles. The summed E-state index contributed by atoms with van der Waals surface area (Å²) in [5, 5.41) is 19.8. The molecule has 5 rings (SSSR count). The highest BCUT2D eigenvalue weighted by Gasteiger charge is 2.16. The fraction of sp³-hybridized carbons (Fsp3) is 0.0323. The molecule has 0 radical (unpaired) electrons. The first-order valence-corrected chi connectivity index (χ1v) is 14.7. The molecule has 0 aliphatic carbocycles. The quantitative estimate of drug-likeness (QED) is 0.0725. The van der Waals surface area contributed by atoms with Crippen LogP contribution in [0.2, 0.25) is 0 Å². The molecule has 0 unspecified atom stereocenters. The van der Waals surface area contributed by atoms with E-state index < -0.39 is 16.7 Å². The minimum Gasteiger partial charge on any atom is -0.321 e. The van der Waals surface area contributed by atoms with Gasteiger partial charge in [-0.15, -0.1) is 11.8 Å². The molecule has 0 saturated carbocycles. The van der Waals surface area contributed by atoms with Crippen molar-refractivity contribution in [1.29, 1.82) is 0 Å². The third-order valence-electron chi connectivity index (χ3n) is 5.95. The second-order valence-electron chi connectivity index (χ2n) is 9.03. The number of para-hydroxylation sites is 1. The van der Waals surface area contributed by atoms with Crippen molar-refractivity contribution in [2.75, 3.05) is 16.4 Å². The maximum Gasteiger partial charge on any atom is 0.272 e. The van der Waals surface area contributed by atoms with E-state index in [1.807, 2.05) is 30.3 Å². The molecule has 0 aliphatic rings. The Hall–Kier alpha value is -5.33. The number of carbonyl (C=O) groups excluding carboxylic acids is 3. The van der Waals surface area contributed by atoms with Crippen LogP contribution in [-0.2, 0) is 9.59 Å². The number of hydrogen-bond donors (Lipinski definition) is 3. The van der Waals surface area contributed by atoms with Gasteiger partial charge < -0.3 is 16.0 Å². The summed E-state index contributed by atoms with van der Waals surface area (Å²) in [5.41, 5.74) is 1.95. The number of rotatable bonds is 10. The summed E-state index contributed by atoms with van der Waals surface area (Å²) in [6.07, 6.45) is 1.44. The van der Waals surface area contributed by atoms with Crippen LogP contribution in [0.3, 0.4) is 0 Å². The van der Waals surface area contributed by atoms with Crippen LogP contribution >= 0.6 is 23.1 Å². The molecular formula is C31H23N5O5S2. The summed E-state index contributed by atoms with van der Waals surface area (Å²) in [4.78, 5) is 54.4. The predicted molar refractivity (Wildman–Crippen MR) is 169 cm³/mol. The first-order chi connectivity index (χ1) is 20.8. The smallest absolute Gasteiger partial charge is 0.272 e. The largest absolute Gasteiger partial charge is 0.321 e. The van der Waals surface area contributed by atoms with E-state index >= 15 is 0 Å². The molecule has 1 aromatic heterocycles. The monoisotopic (exact) mass is 609 g/mol. The molecule has 0 fully saturated rings. The van der Waals surface area contributed by atoms with E-state index in [1.165, 1.54) is 53.4 Å². The number of thioether (sulfide) groups is 1. The van der Waals surface area contributed by atoms with Gasteiger partial charge in [-0.25, -0.2) is 4.98 Å². The summed E-state index contributed by atoms with van der Waals surface area (Å²) in [7, 11) is 0. The van der Waals surface area contributed by atoms with E-state index in [2.05, 4.69) is 20.9 Å². The Kier molecular flexibility index (Phi) is 9.20. The Balaban J connectivity index is 1.27.